The highest BCUT2D eigenvalue weighted by atomic mass is 19.1. The number of hydrogen-bond donors (Lipinski definition) is 3. The standard InChI is InChI=1S/C12H16FN5O5/c13-9-7(2-4-19)12(6-20,5-15-17-14)23-10(9)18-3-1-8(21)16-11(18)22/h1,3,7,9-10,19-20H,2,4-6H2,(H,16,21,22)/t7-,9+,10+,12+/m0/s1/i19T. The van der Waals surface area contributed by atoms with Crippen LogP contribution in [0.1, 0.15) is 12.6 Å². The van der Waals surface area contributed by atoms with E-state index < -0.39 is 41.8 Å². The summed E-state index contributed by atoms with van der Waals surface area (Å²) in [7, 11) is 0. The average molecular weight is 331 g/mol. The minimum absolute atomic E-state index is 0.000773. The highest BCUT2D eigenvalue weighted by molar-refractivity contribution is 5.02. The molecule has 1 aromatic heterocycles. The van der Waals surface area contributed by atoms with Crippen LogP contribution in [0.5, 0.6) is 0 Å². The first-order valence-electron chi connectivity index (χ1n) is 7.23. The fourth-order valence-corrected chi connectivity index (χ4v) is 2.78. The normalized spacial score (nSPS) is 30.7. The van der Waals surface area contributed by atoms with Gasteiger partial charge in [0.1, 0.15) is 5.60 Å². The molecule has 0 aliphatic carbocycles. The number of aliphatic hydroxyl groups is 2. The number of azide groups is 1. The lowest BCUT2D eigenvalue weighted by Gasteiger charge is -2.30. The van der Waals surface area contributed by atoms with E-state index in [9.17, 15) is 19.1 Å². The molecule has 1 aliphatic heterocycles. The Labute approximate surface area is 130 Å². The van der Waals surface area contributed by atoms with Crippen LogP contribution in [0.25, 0.3) is 10.4 Å². The van der Waals surface area contributed by atoms with Crippen molar-refractivity contribution < 1.29 is 19.3 Å². The fourth-order valence-electron chi connectivity index (χ4n) is 2.78. The molecule has 0 unspecified atom stereocenters. The van der Waals surface area contributed by atoms with Crippen LogP contribution >= 0.6 is 0 Å². The molecule has 4 atom stereocenters. The first-order chi connectivity index (χ1) is 11.5. The predicted octanol–water partition coefficient (Wildman–Crippen LogP) is -0.556. The molecule has 0 radical (unpaired) electrons. The van der Waals surface area contributed by atoms with E-state index in [1.165, 1.54) is 0 Å². The summed E-state index contributed by atoms with van der Waals surface area (Å²) in [5, 5.41) is 17.3. The van der Waals surface area contributed by atoms with Crippen LogP contribution in [-0.4, -0.2) is 52.7 Å². The average Bonchev–Trinajstić information content (AvgIpc) is 2.84. The smallest absolute Gasteiger partial charge is 0.330 e. The summed E-state index contributed by atoms with van der Waals surface area (Å²) in [6.07, 6.45) is -2.10. The Morgan fingerprint density at radius 3 is 3.04 bits per heavy atom. The number of aliphatic hydroxyl groups excluding tert-OH is 2. The SMILES string of the molecule is [3H]OCC[C@H]1[C@@H](F)[C@H](n2ccc(=O)[nH]c2=O)O[C@@]1(CO)CN=[N+]=[N-]. The minimum Gasteiger partial charge on any atom is -0.396 e. The number of hydrogen-bond acceptors (Lipinski definition) is 6. The zero-order chi connectivity index (χ0) is 17.7. The Morgan fingerprint density at radius 2 is 2.43 bits per heavy atom. The maximum atomic E-state index is 14.9. The van der Waals surface area contributed by atoms with E-state index in [0.717, 1.165) is 16.8 Å². The van der Waals surface area contributed by atoms with Crippen LogP contribution in [0, 0.1) is 5.92 Å². The quantitative estimate of drug-likeness (QED) is 0.347. The Morgan fingerprint density at radius 1 is 1.65 bits per heavy atom. The van der Waals surface area contributed by atoms with E-state index >= 15 is 0 Å². The van der Waals surface area contributed by atoms with Crippen molar-refractivity contribution in [2.45, 2.75) is 24.4 Å². The van der Waals surface area contributed by atoms with Gasteiger partial charge in [0.05, 0.1) is 13.2 Å². The van der Waals surface area contributed by atoms with Gasteiger partial charge in [-0.15, -0.1) is 0 Å². The molecule has 126 valence electrons. The molecule has 1 fully saturated rings. The molecule has 23 heavy (non-hydrogen) atoms. The van der Waals surface area contributed by atoms with Crippen molar-refractivity contribution in [1.29, 1.82) is 1.43 Å². The van der Waals surface area contributed by atoms with Crippen molar-refractivity contribution in [3.63, 3.8) is 0 Å². The molecule has 2 rings (SSSR count). The number of rotatable bonds is 7. The van der Waals surface area contributed by atoms with Gasteiger partial charge in [-0.25, -0.2) is 9.18 Å². The Kier molecular flexibility index (Phi) is 4.72. The van der Waals surface area contributed by atoms with Gasteiger partial charge in [-0.1, -0.05) is 5.11 Å². The van der Waals surface area contributed by atoms with Crippen molar-refractivity contribution >= 4 is 0 Å². The van der Waals surface area contributed by atoms with E-state index in [1.54, 1.807) is 0 Å². The molecule has 1 saturated heterocycles. The number of nitrogens with one attached hydrogen (secondary N) is 1. The van der Waals surface area contributed by atoms with Crippen LogP contribution in [-0.2, 0) is 4.74 Å². The highest BCUT2D eigenvalue weighted by Crippen LogP contribution is 2.44. The van der Waals surface area contributed by atoms with Gasteiger partial charge in [-0.2, -0.15) is 0 Å². The van der Waals surface area contributed by atoms with Gasteiger partial charge in [0.2, 0.25) is 1.43 Å². The monoisotopic (exact) mass is 331 g/mol. The topological polar surface area (TPSA) is 153 Å². The summed E-state index contributed by atoms with van der Waals surface area (Å²) in [5.74, 6) is -0.984. The van der Waals surface area contributed by atoms with E-state index in [1.807, 2.05) is 4.98 Å². The maximum absolute atomic E-state index is 14.9. The van der Waals surface area contributed by atoms with Gasteiger partial charge in [0.25, 0.3) is 5.56 Å². The Hall–Kier alpha value is -2.20. The first-order valence-corrected chi connectivity index (χ1v) is 6.82. The Balaban J connectivity index is 2.43. The second kappa shape index (κ2) is 6.92. The molecular weight excluding hydrogens is 313 g/mol. The predicted molar refractivity (Wildman–Crippen MR) is 75.4 cm³/mol. The zero-order valence-corrected chi connectivity index (χ0v) is 12.0. The van der Waals surface area contributed by atoms with Gasteiger partial charge in [-0.3, -0.25) is 14.3 Å². The van der Waals surface area contributed by atoms with Crippen molar-refractivity contribution in [1.82, 2.24) is 9.55 Å². The summed E-state index contributed by atoms with van der Waals surface area (Å²) in [5.41, 5.74) is 5.42. The number of ether oxygens (including phenoxy) is 1. The molecular formula is C12H16FN5O5. The van der Waals surface area contributed by atoms with E-state index in [4.69, 9.17) is 11.7 Å². The molecule has 1 aromatic rings. The number of aromatic amines is 1. The van der Waals surface area contributed by atoms with Crippen LogP contribution in [0.4, 0.5) is 4.39 Å². The van der Waals surface area contributed by atoms with Gasteiger partial charge >= 0.3 is 5.69 Å². The van der Waals surface area contributed by atoms with Gasteiger partial charge in [0, 0.05) is 29.7 Å². The molecule has 11 heteroatoms. The van der Waals surface area contributed by atoms with E-state index in [0.29, 0.717) is 0 Å². The molecule has 2 heterocycles. The first kappa shape index (κ1) is 15.7. The van der Waals surface area contributed by atoms with Crippen LogP contribution in [0.15, 0.2) is 27.0 Å². The van der Waals surface area contributed by atoms with Crippen molar-refractivity contribution in [2.75, 3.05) is 19.8 Å². The lowest BCUT2D eigenvalue weighted by Crippen LogP contribution is -2.44. The molecule has 0 aromatic carbocycles. The Bertz CT molecular complexity index is 735. The zero-order valence-electron chi connectivity index (χ0n) is 13.0. The second-order valence-corrected chi connectivity index (χ2v) is 5.18. The fraction of sp³-hybridized carbons (Fsp3) is 0.667. The molecule has 0 bridgehead atoms. The van der Waals surface area contributed by atoms with Crippen molar-refractivity contribution in [3.8, 4) is 0 Å². The third kappa shape index (κ3) is 3.13. The lowest BCUT2D eigenvalue weighted by atomic mass is 9.84. The third-order valence-corrected chi connectivity index (χ3v) is 3.91. The van der Waals surface area contributed by atoms with Crippen molar-refractivity contribution in [3.05, 3.63) is 43.5 Å². The third-order valence-electron chi connectivity index (χ3n) is 3.91. The molecule has 10 nitrogen and oxygen atoms in total. The summed E-state index contributed by atoms with van der Waals surface area (Å²) < 4.78 is 28.1. The molecule has 0 spiro atoms. The van der Waals surface area contributed by atoms with Gasteiger partial charge in [-0.05, 0) is 12.0 Å². The van der Waals surface area contributed by atoms with Crippen molar-refractivity contribution in [2.24, 2.45) is 11.0 Å². The number of alkyl halides is 1. The lowest BCUT2D eigenvalue weighted by molar-refractivity contribution is -0.111. The maximum Gasteiger partial charge on any atom is 0.330 e. The van der Waals surface area contributed by atoms with E-state index in [-0.39, 0.29) is 19.6 Å². The summed E-state index contributed by atoms with van der Waals surface area (Å²) in [4.78, 5) is 27.6. The molecule has 1 aliphatic rings. The number of H-pyrrole nitrogens is 1. The number of halogens is 1. The summed E-state index contributed by atoms with van der Waals surface area (Å²) in [6, 6.07) is 1.03. The van der Waals surface area contributed by atoms with Gasteiger partial charge in [0.15, 0.2) is 12.4 Å². The number of aromatic nitrogens is 2. The molecule has 0 amide bonds. The van der Waals surface area contributed by atoms with E-state index in [2.05, 4.69) is 15.1 Å². The van der Waals surface area contributed by atoms with Gasteiger partial charge < -0.3 is 15.0 Å². The van der Waals surface area contributed by atoms with Crippen LogP contribution in [0.3, 0.4) is 0 Å². The van der Waals surface area contributed by atoms with Crippen LogP contribution in [0.2, 0.25) is 0 Å². The minimum atomic E-state index is -1.76. The summed E-state index contributed by atoms with van der Waals surface area (Å²) >= 11 is 0. The van der Waals surface area contributed by atoms with Crippen LogP contribution < -0.4 is 11.2 Å². The largest absolute Gasteiger partial charge is 0.396 e. The summed E-state index contributed by atoms with van der Waals surface area (Å²) in [6.45, 7) is -1.17. The molecule has 3 N–H and O–H groups in total. The number of nitrogens with zero attached hydrogens (tertiary/aromatic N) is 4. The molecule has 0 saturated carbocycles. The highest BCUT2D eigenvalue weighted by Gasteiger charge is 2.55. The second-order valence-electron chi connectivity index (χ2n) is 5.18.